The molecule has 1 saturated carbocycles. The van der Waals surface area contributed by atoms with Crippen LogP contribution in [0.4, 0.5) is 0 Å². The van der Waals surface area contributed by atoms with Gasteiger partial charge in [0.15, 0.2) is 12.1 Å². The minimum absolute atomic E-state index is 0.0452. The van der Waals surface area contributed by atoms with Crippen LogP contribution in [0.3, 0.4) is 0 Å². The normalized spacial score (nSPS) is 16.9. The summed E-state index contributed by atoms with van der Waals surface area (Å²) in [6.45, 7) is 3.88. The van der Waals surface area contributed by atoms with Gasteiger partial charge in [-0.05, 0) is 26.7 Å². The molecule has 0 saturated heterocycles. The summed E-state index contributed by atoms with van der Waals surface area (Å²) >= 11 is 0. The highest BCUT2D eigenvalue weighted by Crippen LogP contribution is 2.33. The van der Waals surface area contributed by atoms with E-state index in [0.717, 1.165) is 19.1 Å². The van der Waals surface area contributed by atoms with Crippen LogP contribution in [0, 0.1) is 0 Å². The molecule has 1 aliphatic rings. The molecule has 16 heavy (non-hydrogen) atoms. The minimum Gasteiger partial charge on any atom is -0.461 e. The Morgan fingerprint density at radius 3 is 2.62 bits per heavy atom. The zero-order valence-corrected chi connectivity index (χ0v) is 9.72. The number of aldehydes is 1. The summed E-state index contributed by atoms with van der Waals surface area (Å²) in [4.78, 5) is 10.9. The van der Waals surface area contributed by atoms with Gasteiger partial charge in [-0.25, -0.2) is 0 Å². The van der Waals surface area contributed by atoms with E-state index in [1.165, 1.54) is 12.8 Å². The van der Waals surface area contributed by atoms with Crippen LogP contribution in [0.15, 0.2) is 0 Å². The van der Waals surface area contributed by atoms with Crippen molar-refractivity contribution in [2.75, 3.05) is 0 Å². The molecule has 0 amide bonds. The first kappa shape index (κ1) is 11.1. The number of hydrogen-bond donors (Lipinski definition) is 0. The highest BCUT2D eigenvalue weighted by atomic mass is 16.5. The smallest absolute Gasteiger partial charge is 0.317 e. The molecule has 0 spiro atoms. The fourth-order valence-corrected chi connectivity index (χ4v) is 2.17. The van der Waals surface area contributed by atoms with E-state index in [-0.39, 0.29) is 6.10 Å². The van der Waals surface area contributed by atoms with Crippen molar-refractivity contribution in [2.24, 2.45) is 0 Å². The van der Waals surface area contributed by atoms with Crippen molar-refractivity contribution >= 4 is 6.29 Å². The van der Waals surface area contributed by atoms with Crippen LogP contribution in [0.25, 0.3) is 0 Å². The molecule has 1 heterocycles. The molecule has 0 aromatic carbocycles. The molecule has 2 rings (SSSR count). The topological polar surface area (TPSA) is 57.0 Å². The largest absolute Gasteiger partial charge is 0.461 e. The lowest BCUT2D eigenvalue weighted by Gasteiger charge is -2.16. The maximum absolute atomic E-state index is 10.9. The summed E-state index contributed by atoms with van der Waals surface area (Å²) in [6, 6.07) is 0.799. The van der Waals surface area contributed by atoms with Gasteiger partial charge in [-0.1, -0.05) is 17.9 Å². The van der Waals surface area contributed by atoms with E-state index >= 15 is 0 Å². The Labute approximate surface area is 94.8 Å². The number of carbonyl (C=O) groups is 1. The van der Waals surface area contributed by atoms with Crippen molar-refractivity contribution in [3.05, 3.63) is 5.82 Å². The summed E-state index contributed by atoms with van der Waals surface area (Å²) in [5, 5.41) is 7.78. The summed E-state index contributed by atoms with van der Waals surface area (Å²) in [5.41, 5.74) is 0. The van der Waals surface area contributed by atoms with Crippen molar-refractivity contribution in [3.63, 3.8) is 0 Å². The van der Waals surface area contributed by atoms with E-state index in [4.69, 9.17) is 4.74 Å². The second kappa shape index (κ2) is 4.63. The predicted octanol–water partition coefficient (Wildman–Crippen LogP) is 1.99. The van der Waals surface area contributed by atoms with Crippen LogP contribution in [0.5, 0.6) is 6.01 Å². The third-order valence-corrected chi connectivity index (χ3v) is 2.83. The summed E-state index contributed by atoms with van der Waals surface area (Å²) in [5.74, 6) is 0.377. The summed E-state index contributed by atoms with van der Waals surface area (Å²) in [6.07, 6.45) is 5.34. The molecule has 88 valence electrons. The zero-order valence-electron chi connectivity index (χ0n) is 9.72. The van der Waals surface area contributed by atoms with Gasteiger partial charge in [0.05, 0.1) is 6.10 Å². The Morgan fingerprint density at radius 1 is 1.38 bits per heavy atom. The van der Waals surface area contributed by atoms with E-state index in [9.17, 15) is 4.79 Å². The second-order valence-corrected chi connectivity index (χ2v) is 4.43. The van der Waals surface area contributed by atoms with Crippen molar-refractivity contribution < 1.29 is 9.53 Å². The van der Waals surface area contributed by atoms with E-state index in [2.05, 4.69) is 10.2 Å². The van der Waals surface area contributed by atoms with Crippen LogP contribution < -0.4 is 4.74 Å². The number of rotatable bonds is 4. The van der Waals surface area contributed by atoms with Gasteiger partial charge in [0, 0.05) is 6.04 Å². The lowest BCUT2D eigenvalue weighted by molar-refractivity contribution is 0.110. The second-order valence-electron chi connectivity index (χ2n) is 4.43. The molecule has 5 nitrogen and oxygen atoms in total. The van der Waals surface area contributed by atoms with Crippen LogP contribution >= 0.6 is 0 Å². The number of hydrogen-bond acceptors (Lipinski definition) is 4. The van der Waals surface area contributed by atoms with Crippen LogP contribution in [0.1, 0.15) is 56.2 Å². The Balaban J connectivity index is 2.29. The Morgan fingerprint density at radius 2 is 2.06 bits per heavy atom. The minimum atomic E-state index is 0.0452. The highest BCUT2D eigenvalue weighted by molar-refractivity contribution is 5.69. The van der Waals surface area contributed by atoms with Crippen LogP contribution in [-0.4, -0.2) is 27.2 Å². The van der Waals surface area contributed by atoms with E-state index in [1.807, 2.05) is 18.4 Å². The first-order valence-corrected chi connectivity index (χ1v) is 5.79. The average Bonchev–Trinajstić information content (AvgIpc) is 2.84. The Hall–Kier alpha value is -1.39. The van der Waals surface area contributed by atoms with Crippen molar-refractivity contribution in [1.29, 1.82) is 0 Å². The monoisotopic (exact) mass is 223 g/mol. The van der Waals surface area contributed by atoms with Gasteiger partial charge in [0.1, 0.15) is 0 Å². The molecule has 0 unspecified atom stereocenters. The number of aromatic nitrogens is 3. The zero-order chi connectivity index (χ0) is 11.5. The van der Waals surface area contributed by atoms with Crippen LogP contribution in [0.2, 0.25) is 0 Å². The predicted molar refractivity (Wildman–Crippen MR) is 58.7 cm³/mol. The Bertz CT molecular complexity index is 367. The molecular formula is C11H17N3O2. The summed E-state index contributed by atoms with van der Waals surface area (Å²) < 4.78 is 7.42. The molecule has 0 aliphatic heterocycles. The van der Waals surface area contributed by atoms with E-state index in [0.29, 0.717) is 17.9 Å². The molecule has 1 fully saturated rings. The lowest BCUT2D eigenvalue weighted by atomic mass is 10.2. The molecular weight excluding hydrogens is 206 g/mol. The number of carbonyl (C=O) groups excluding carboxylic acids is 1. The van der Waals surface area contributed by atoms with Crippen molar-refractivity contribution in [2.45, 2.75) is 51.7 Å². The summed E-state index contributed by atoms with van der Waals surface area (Å²) in [7, 11) is 0. The van der Waals surface area contributed by atoms with Gasteiger partial charge in [0.2, 0.25) is 0 Å². The Kier molecular flexibility index (Phi) is 3.22. The standard InChI is InChI=1S/C11H17N3O2/c1-8(2)16-11-13-12-10(7-15)14(11)9-5-3-4-6-9/h7-9H,3-6H2,1-2H3. The molecule has 0 bridgehead atoms. The van der Waals surface area contributed by atoms with E-state index in [1.54, 1.807) is 0 Å². The lowest BCUT2D eigenvalue weighted by Crippen LogP contribution is -2.15. The number of nitrogens with zero attached hydrogens (tertiary/aromatic N) is 3. The first-order valence-electron chi connectivity index (χ1n) is 5.79. The third-order valence-electron chi connectivity index (χ3n) is 2.83. The van der Waals surface area contributed by atoms with Crippen molar-refractivity contribution in [3.8, 4) is 6.01 Å². The van der Waals surface area contributed by atoms with Gasteiger partial charge < -0.3 is 4.74 Å². The molecule has 1 aromatic rings. The van der Waals surface area contributed by atoms with Gasteiger partial charge in [-0.2, -0.15) is 0 Å². The molecule has 0 N–H and O–H groups in total. The highest BCUT2D eigenvalue weighted by Gasteiger charge is 2.24. The molecule has 1 aromatic heterocycles. The average molecular weight is 223 g/mol. The maximum atomic E-state index is 10.9. The quantitative estimate of drug-likeness (QED) is 0.732. The fourth-order valence-electron chi connectivity index (χ4n) is 2.17. The molecule has 0 radical (unpaired) electrons. The number of ether oxygens (including phenoxy) is 1. The van der Waals surface area contributed by atoms with Gasteiger partial charge in [-0.3, -0.25) is 9.36 Å². The van der Waals surface area contributed by atoms with Crippen LogP contribution in [-0.2, 0) is 0 Å². The first-order chi connectivity index (χ1) is 7.72. The van der Waals surface area contributed by atoms with Gasteiger partial charge in [0.25, 0.3) is 0 Å². The third kappa shape index (κ3) is 2.08. The molecule has 5 heteroatoms. The fraction of sp³-hybridized carbons (Fsp3) is 0.727. The molecule has 0 atom stereocenters. The van der Waals surface area contributed by atoms with Gasteiger partial charge in [-0.15, -0.1) is 5.10 Å². The molecule has 1 aliphatic carbocycles. The SMILES string of the molecule is CC(C)Oc1nnc(C=O)n1C1CCCC1. The van der Waals surface area contributed by atoms with Gasteiger partial charge >= 0.3 is 6.01 Å². The maximum Gasteiger partial charge on any atom is 0.317 e. The van der Waals surface area contributed by atoms with E-state index < -0.39 is 0 Å². The van der Waals surface area contributed by atoms with Crippen molar-refractivity contribution in [1.82, 2.24) is 14.8 Å².